The van der Waals surface area contributed by atoms with Gasteiger partial charge < -0.3 is 20.3 Å². The minimum absolute atomic E-state index is 0.0826. The fraction of sp³-hybridized carbons (Fsp3) is 0.308. The first-order valence-electron chi connectivity index (χ1n) is 11.2. The lowest BCUT2D eigenvalue weighted by Gasteiger charge is -2.31. The maximum absolute atomic E-state index is 14.6. The average Bonchev–Trinajstić information content (AvgIpc) is 3.18. The fourth-order valence-electron chi connectivity index (χ4n) is 3.93. The van der Waals surface area contributed by atoms with Crippen LogP contribution in [-0.2, 0) is 12.1 Å². The van der Waals surface area contributed by atoms with E-state index >= 15 is 0 Å². The molecule has 2 aromatic carbocycles. The molecule has 0 aliphatic carbocycles. The molecule has 35 heavy (non-hydrogen) atoms. The van der Waals surface area contributed by atoms with Crippen molar-refractivity contribution in [2.24, 2.45) is 4.99 Å². The van der Waals surface area contributed by atoms with E-state index in [9.17, 15) is 23.1 Å². The van der Waals surface area contributed by atoms with E-state index in [0.29, 0.717) is 11.9 Å². The number of nitrogens with zero attached hydrogens (tertiary/aromatic N) is 2. The smallest absolute Gasteiger partial charge is 0.372 e. The molecule has 3 rings (SSSR count). The molecule has 186 valence electrons. The number of urea groups is 1. The number of nitrogens with one attached hydrogen (secondary N) is 2. The van der Waals surface area contributed by atoms with Crippen molar-refractivity contribution in [2.75, 3.05) is 12.4 Å². The number of aliphatic imine (C=N–C) groups is 1. The number of carbonyl (C=O) groups is 1. The maximum Gasteiger partial charge on any atom is 0.425 e. The zero-order valence-corrected chi connectivity index (χ0v) is 19.9. The highest BCUT2D eigenvalue weighted by molar-refractivity contribution is 5.97. The molecule has 1 heterocycles. The van der Waals surface area contributed by atoms with Crippen molar-refractivity contribution in [3.63, 3.8) is 0 Å². The van der Waals surface area contributed by atoms with Crippen LogP contribution in [0.3, 0.4) is 0 Å². The van der Waals surface area contributed by atoms with Gasteiger partial charge in [0, 0.05) is 54.1 Å². The van der Waals surface area contributed by atoms with Gasteiger partial charge in [0.25, 0.3) is 0 Å². The molecule has 2 atom stereocenters. The first-order valence-corrected chi connectivity index (χ1v) is 11.2. The molecule has 0 aliphatic rings. The molecule has 0 saturated heterocycles. The summed E-state index contributed by atoms with van der Waals surface area (Å²) in [6.45, 7) is 7.70. The summed E-state index contributed by atoms with van der Waals surface area (Å²) < 4.78 is 45.5. The number of para-hydroxylation sites is 1. The SMILES string of the molecule is C=CCn1cc(C(O)(c2ccc(NC(=O)NC(C)CC)c(/C=N\C)c2)C(F)(F)F)c2ccccc21. The number of allylic oxidation sites excluding steroid dienone is 1. The second kappa shape index (κ2) is 10.4. The summed E-state index contributed by atoms with van der Waals surface area (Å²) in [4.78, 5) is 16.2. The van der Waals surface area contributed by atoms with Crippen LogP contribution >= 0.6 is 0 Å². The fourth-order valence-corrected chi connectivity index (χ4v) is 3.93. The van der Waals surface area contributed by atoms with Crippen LogP contribution in [0.25, 0.3) is 10.9 Å². The van der Waals surface area contributed by atoms with Crippen molar-refractivity contribution in [3.8, 4) is 0 Å². The number of hydrogen-bond acceptors (Lipinski definition) is 3. The van der Waals surface area contributed by atoms with Crippen LogP contribution in [0.2, 0.25) is 0 Å². The van der Waals surface area contributed by atoms with Crippen LogP contribution in [0.5, 0.6) is 0 Å². The topological polar surface area (TPSA) is 78.6 Å². The number of hydrogen-bond donors (Lipinski definition) is 3. The Hall–Kier alpha value is -3.59. The number of aliphatic hydroxyl groups is 1. The van der Waals surface area contributed by atoms with Crippen LogP contribution < -0.4 is 10.6 Å². The Kier molecular flexibility index (Phi) is 7.70. The minimum atomic E-state index is -5.04. The van der Waals surface area contributed by atoms with Crippen LogP contribution in [0.1, 0.15) is 37.0 Å². The second-order valence-corrected chi connectivity index (χ2v) is 8.31. The van der Waals surface area contributed by atoms with Crippen molar-refractivity contribution in [2.45, 2.75) is 44.6 Å². The van der Waals surface area contributed by atoms with Gasteiger partial charge in [0.15, 0.2) is 0 Å². The Balaban J connectivity index is 2.17. The van der Waals surface area contributed by atoms with Gasteiger partial charge >= 0.3 is 12.2 Å². The molecule has 3 aromatic rings. The normalized spacial score (nSPS) is 14.6. The third-order valence-corrected chi connectivity index (χ3v) is 5.89. The molecule has 2 unspecified atom stereocenters. The Morgan fingerprint density at radius 1 is 1.26 bits per heavy atom. The van der Waals surface area contributed by atoms with Crippen LogP contribution in [0.15, 0.2) is 66.3 Å². The number of benzene rings is 2. The zero-order valence-electron chi connectivity index (χ0n) is 19.9. The first kappa shape index (κ1) is 26.0. The predicted molar refractivity (Wildman–Crippen MR) is 133 cm³/mol. The molecule has 3 N–H and O–H groups in total. The summed E-state index contributed by atoms with van der Waals surface area (Å²) in [5.74, 6) is 0. The Morgan fingerprint density at radius 2 is 1.97 bits per heavy atom. The molecule has 0 bridgehead atoms. The molecular weight excluding hydrogens is 457 g/mol. The van der Waals surface area contributed by atoms with Crippen LogP contribution in [0, 0.1) is 0 Å². The van der Waals surface area contributed by atoms with Crippen molar-refractivity contribution in [1.82, 2.24) is 9.88 Å². The number of amides is 2. The lowest BCUT2D eigenvalue weighted by molar-refractivity contribution is -0.247. The zero-order chi connectivity index (χ0) is 25.8. The van der Waals surface area contributed by atoms with Gasteiger partial charge in [-0.3, -0.25) is 4.99 Å². The maximum atomic E-state index is 14.6. The van der Waals surface area contributed by atoms with Crippen LogP contribution in [0.4, 0.5) is 23.7 Å². The van der Waals surface area contributed by atoms with Crippen molar-refractivity contribution in [1.29, 1.82) is 0 Å². The van der Waals surface area contributed by atoms with Crippen molar-refractivity contribution >= 4 is 28.8 Å². The summed E-state index contributed by atoms with van der Waals surface area (Å²) in [7, 11) is 1.47. The van der Waals surface area contributed by atoms with Gasteiger partial charge in [-0.15, -0.1) is 6.58 Å². The molecule has 0 radical (unpaired) electrons. The predicted octanol–water partition coefficient (Wildman–Crippen LogP) is 5.59. The van der Waals surface area contributed by atoms with E-state index in [0.717, 1.165) is 0 Å². The largest absolute Gasteiger partial charge is 0.425 e. The molecule has 0 fully saturated rings. The van der Waals surface area contributed by atoms with Gasteiger partial charge in [0.2, 0.25) is 5.60 Å². The number of rotatable bonds is 8. The van der Waals surface area contributed by atoms with Gasteiger partial charge in [-0.2, -0.15) is 13.2 Å². The van der Waals surface area contributed by atoms with E-state index in [1.54, 1.807) is 34.9 Å². The van der Waals surface area contributed by atoms with E-state index in [1.165, 1.54) is 37.7 Å². The van der Waals surface area contributed by atoms with Gasteiger partial charge in [-0.1, -0.05) is 37.3 Å². The third-order valence-electron chi connectivity index (χ3n) is 5.89. The quantitative estimate of drug-likeness (QED) is 0.287. The molecule has 1 aromatic heterocycles. The summed E-state index contributed by atoms with van der Waals surface area (Å²) in [6.07, 6.45) is -0.115. The number of carbonyl (C=O) groups excluding carboxylic acids is 1. The summed E-state index contributed by atoms with van der Waals surface area (Å²) in [5, 5.41) is 17.0. The highest BCUT2D eigenvalue weighted by atomic mass is 19.4. The summed E-state index contributed by atoms with van der Waals surface area (Å²) >= 11 is 0. The Morgan fingerprint density at radius 3 is 2.60 bits per heavy atom. The molecule has 0 saturated carbocycles. The number of anilines is 1. The van der Waals surface area contributed by atoms with E-state index in [1.807, 2.05) is 13.8 Å². The van der Waals surface area contributed by atoms with E-state index < -0.39 is 23.4 Å². The van der Waals surface area contributed by atoms with Gasteiger partial charge in [0.1, 0.15) is 0 Å². The van der Waals surface area contributed by atoms with E-state index in [4.69, 9.17) is 0 Å². The second-order valence-electron chi connectivity index (χ2n) is 8.31. The summed E-state index contributed by atoms with van der Waals surface area (Å²) in [6, 6.07) is 9.71. The molecular formula is C26H29F3N4O2. The van der Waals surface area contributed by atoms with Gasteiger partial charge in [-0.05, 0) is 37.1 Å². The number of aromatic nitrogens is 1. The van der Waals surface area contributed by atoms with E-state index in [2.05, 4.69) is 22.2 Å². The number of fused-ring (bicyclic) bond motifs is 1. The van der Waals surface area contributed by atoms with Crippen molar-refractivity contribution in [3.05, 3.63) is 78.0 Å². The van der Waals surface area contributed by atoms with Crippen LogP contribution in [-0.4, -0.2) is 41.2 Å². The molecule has 0 aliphatic heterocycles. The third kappa shape index (κ3) is 5.09. The average molecular weight is 487 g/mol. The van der Waals surface area contributed by atoms with Gasteiger partial charge in [-0.25, -0.2) is 4.79 Å². The Labute approximate surface area is 202 Å². The highest BCUT2D eigenvalue weighted by Crippen LogP contribution is 2.47. The molecule has 9 heteroatoms. The highest BCUT2D eigenvalue weighted by Gasteiger charge is 2.57. The minimum Gasteiger partial charge on any atom is -0.372 e. The lowest BCUT2D eigenvalue weighted by Crippen LogP contribution is -2.43. The molecule has 2 amide bonds. The monoisotopic (exact) mass is 486 g/mol. The molecule has 0 spiro atoms. The van der Waals surface area contributed by atoms with Gasteiger partial charge in [0.05, 0.1) is 5.69 Å². The first-order chi connectivity index (χ1) is 16.6. The lowest BCUT2D eigenvalue weighted by atomic mass is 9.84. The number of alkyl halides is 3. The Bertz CT molecular complexity index is 1250. The van der Waals surface area contributed by atoms with Crippen molar-refractivity contribution < 1.29 is 23.1 Å². The molecule has 6 nitrogen and oxygen atoms in total. The van der Waals surface area contributed by atoms with E-state index in [-0.39, 0.29) is 34.8 Å². The summed E-state index contributed by atoms with van der Waals surface area (Å²) in [5.41, 5.74) is -2.97. The number of halogens is 3. The standard InChI is InChI=1S/C26H29F3N4O2/c1-5-13-33-16-21(20-9-7-8-10-23(20)33)25(35,26(27,28)29)19-11-12-22(18(14-19)15-30-4)32-24(34)31-17(3)6-2/h5,7-12,14-17,35H,1,6,13H2,2-4H3,(H2,31,32,34)/b30-15-.